The fraction of sp³-hybridized carbons (Fsp3) is 0.412. The summed E-state index contributed by atoms with van der Waals surface area (Å²) in [6.45, 7) is 3.64. The summed E-state index contributed by atoms with van der Waals surface area (Å²) in [6.07, 6.45) is 3.59. The Morgan fingerprint density at radius 1 is 1.35 bits per heavy atom. The number of carbonyl (C=O) groups excluding carboxylic acids is 1. The van der Waals surface area contributed by atoms with Gasteiger partial charge in [-0.25, -0.2) is 4.79 Å². The van der Waals surface area contributed by atoms with E-state index in [1.54, 1.807) is 10.9 Å². The van der Waals surface area contributed by atoms with E-state index < -0.39 is 0 Å². The van der Waals surface area contributed by atoms with Gasteiger partial charge in [-0.05, 0) is 12.5 Å². The molecule has 1 N–H and O–H groups in total. The molecule has 122 valence electrons. The molecule has 3 rings (SSSR count). The monoisotopic (exact) mass is 314 g/mol. The largest absolute Gasteiger partial charge is 0.367 e. The molecule has 0 aliphatic carbocycles. The van der Waals surface area contributed by atoms with Crippen molar-refractivity contribution < 1.29 is 9.53 Å². The number of aryl methyl sites for hydroxylation is 1. The minimum atomic E-state index is -0.0795. The van der Waals surface area contributed by atoms with E-state index in [2.05, 4.69) is 10.4 Å². The van der Waals surface area contributed by atoms with Crippen LogP contribution in [0.15, 0.2) is 42.7 Å². The summed E-state index contributed by atoms with van der Waals surface area (Å²) in [4.78, 5) is 14.3. The lowest BCUT2D eigenvalue weighted by molar-refractivity contribution is -0.0657. The molecule has 1 aliphatic heterocycles. The first-order valence-electron chi connectivity index (χ1n) is 7.82. The van der Waals surface area contributed by atoms with Gasteiger partial charge in [-0.3, -0.25) is 4.68 Å². The average molecular weight is 314 g/mol. The molecular weight excluding hydrogens is 292 g/mol. The van der Waals surface area contributed by atoms with Crippen molar-refractivity contribution in [3.63, 3.8) is 0 Å². The fourth-order valence-corrected chi connectivity index (χ4v) is 2.82. The Morgan fingerprint density at radius 2 is 2.13 bits per heavy atom. The normalized spacial score (nSPS) is 21.2. The van der Waals surface area contributed by atoms with Gasteiger partial charge in [-0.1, -0.05) is 30.3 Å². The van der Waals surface area contributed by atoms with Gasteiger partial charge < -0.3 is 15.0 Å². The second-order valence-electron chi connectivity index (χ2n) is 5.93. The molecule has 23 heavy (non-hydrogen) atoms. The number of nitrogens with zero attached hydrogens (tertiary/aromatic N) is 3. The van der Waals surface area contributed by atoms with Crippen LogP contribution < -0.4 is 5.32 Å². The van der Waals surface area contributed by atoms with E-state index >= 15 is 0 Å². The van der Waals surface area contributed by atoms with Crippen LogP contribution in [0.1, 0.15) is 24.2 Å². The highest BCUT2D eigenvalue weighted by molar-refractivity contribution is 5.74. The van der Waals surface area contributed by atoms with Crippen molar-refractivity contribution in [2.24, 2.45) is 7.05 Å². The standard InChI is InChI=1S/C17H22N4O2/c1-13-10-21(12-16(23-13)15-6-4-3-5-7-15)17(22)18-8-14-9-19-20(2)11-14/h3-7,9,11,13,16H,8,10,12H2,1-2H3,(H,18,22)/t13-,16-/m1/s1. The Labute approximate surface area is 136 Å². The van der Waals surface area contributed by atoms with Crippen molar-refractivity contribution in [2.75, 3.05) is 13.1 Å². The van der Waals surface area contributed by atoms with Crippen molar-refractivity contribution in [1.29, 1.82) is 0 Å². The van der Waals surface area contributed by atoms with E-state index in [4.69, 9.17) is 4.74 Å². The Kier molecular flexibility index (Phi) is 4.62. The van der Waals surface area contributed by atoms with Crippen LogP contribution in [0.5, 0.6) is 0 Å². The van der Waals surface area contributed by atoms with Crippen molar-refractivity contribution in [3.05, 3.63) is 53.9 Å². The van der Waals surface area contributed by atoms with Crippen LogP contribution in [0.2, 0.25) is 0 Å². The second-order valence-corrected chi connectivity index (χ2v) is 5.93. The maximum atomic E-state index is 12.4. The zero-order valence-corrected chi connectivity index (χ0v) is 13.5. The minimum absolute atomic E-state index is 0.0121. The van der Waals surface area contributed by atoms with E-state index in [0.29, 0.717) is 19.6 Å². The molecule has 1 aromatic heterocycles. The van der Waals surface area contributed by atoms with Crippen LogP contribution in [0, 0.1) is 0 Å². The topological polar surface area (TPSA) is 59.4 Å². The SMILES string of the molecule is C[C@@H]1CN(C(=O)NCc2cnn(C)c2)C[C@H](c2ccccc2)O1. The molecule has 1 saturated heterocycles. The van der Waals surface area contributed by atoms with Crippen LogP contribution in [0.25, 0.3) is 0 Å². The molecule has 2 amide bonds. The number of hydrogen-bond acceptors (Lipinski definition) is 3. The lowest BCUT2D eigenvalue weighted by Gasteiger charge is -2.37. The highest BCUT2D eigenvalue weighted by atomic mass is 16.5. The maximum Gasteiger partial charge on any atom is 0.317 e. The van der Waals surface area contributed by atoms with Gasteiger partial charge in [0.1, 0.15) is 6.10 Å². The number of hydrogen-bond donors (Lipinski definition) is 1. The van der Waals surface area contributed by atoms with Crippen LogP contribution in [0.3, 0.4) is 0 Å². The molecule has 0 spiro atoms. The first-order chi connectivity index (χ1) is 11.1. The third-order valence-corrected chi connectivity index (χ3v) is 3.92. The van der Waals surface area contributed by atoms with Crippen molar-refractivity contribution in [2.45, 2.75) is 25.7 Å². The molecule has 6 heteroatoms. The summed E-state index contributed by atoms with van der Waals surface area (Å²) in [5.41, 5.74) is 2.09. The van der Waals surface area contributed by atoms with E-state index in [0.717, 1.165) is 11.1 Å². The molecular formula is C17H22N4O2. The lowest BCUT2D eigenvalue weighted by Crippen LogP contribution is -2.49. The highest BCUT2D eigenvalue weighted by Gasteiger charge is 2.29. The molecule has 1 fully saturated rings. The van der Waals surface area contributed by atoms with Gasteiger partial charge in [-0.15, -0.1) is 0 Å². The second kappa shape index (κ2) is 6.83. The van der Waals surface area contributed by atoms with Gasteiger partial charge in [0.2, 0.25) is 0 Å². The number of aromatic nitrogens is 2. The van der Waals surface area contributed by atoms with Crippen molar-refractivity contribution in [1.82, 2.24) is 20.0 Å². The summed E-state index contributed by atoms with van der Waals surface area (Å²) in [5, 5.41) is 7.06. The summed E-state index contributed by atoms with van der Waals surface area (Å²) >= 11 is 0. The Bertz CT molecular complexity index is 656. The minimum Gasteiger partial charge on any atom is -0.367 e. The number of nitrogens with one attached hydrogen (secondary N) is 1. The first kappa shape index (κ1) is 15.6. The van der Waals surface area contributed by atoms with E-state index in [9.17, 15) is 4.79 Å². The molecule has 2 heterocycles. The fourth-order valence-electron chi connectivity index (χ4n) is 2.82. The number of benzene rings is 1. The molecule has 0 saturated carbocycles. The molecule has 0 radical (unpaired) electrons. The summed E-state index contributed by atoms with van der Waals surface area (Å²) in [7, 11) is 1.86. The van der Waals surface area contributed by atoms with Crippen LogP contribution in [-0.4, -0.2) is 39.9 Å². The molecule has 2 atom stereocenters. The molecule has 1 aliphatic rings. The summed E-state index contributed by atoms with van der Waals surface area (Å²) in [6, 6.07) is 9.97. The predicted molar refractivity (Wildman–Crippen MR) is 86.7 cm³/mol. The Morgan fingerprint density at radius 3 is 2.83 bits per heavy atom. The van der Waals surface area contributed by atoms with E-state index in [1.807, 2.05) is 55.4 Å². The zero-order valence-electron chi connectivity index (χ0n) is 13.5. The van der Waals surface area contributed by atoms with Crippen LogP contribution in [-0.2, 0) is 18.3 Å². The van der Waals surface area contributed by atoms with Gasteiger partial charge in [0.05, 0.1) is 18.8 Å². The van der Waals surface area contributed by atoms with Crippen LogP contribution >= 0.6 is 0 Å². The lowest BCUT2D eigenvalue weighted by atomic mass is 10.1. The quantitative estimate of drug-likeness (QED) is 0.944. The third kappa shape index (κ3) is 3.90. The van der Waals surface area contributed by atoms with Gasteiger partial charge in [-0.2, -0.15) is 5.10 Å². The maximum absolute atomic E-state index is 12.4. The van der Waals surface area contributed by atoms with Crippen molar-refractivity contribution in [3.8, 4) is 0 Å². The molecule has 2 aromatic rings. The van der Waals surface area contributed by atoms with E-state index in [-0.39, 0.29) is 18.2 Å². The smallest absolute Gasteiger partial charge is 0.317 e. The van der Waals surface area contributed by atoms with Gasteiger partial charge in [0.25, 0.3) is 0 Å². The average Bonchev–Trinajstić information content (AvgIpc) is 2.98. The summed E-state index contributed by atoms with van der Waals surface area (Å²) in [5.74, 6) is 0. The van der Waals surface area contributed by atoms with Gasteiger partial charge >= 0.3 is 6.03 Å². The van der Waals surface area contributed by atoms with Crippen LogP contribution in [0.4, 0.5) is 4.79 Å². The zero-order chi connectivity index (χ0) is 16.2. The molecule has 6 nitrogen and oxygen atoms in total. The molecule has 0 bridgehead atoms. The number of rotatable bonds is 3. The van der Waals surface area contributed by atoms with Gasteiger partial charge in [0, 0.05) is 31.9 Å². The third-order valence-electron chi connectivity index (χ3n) is 3.92. The van der Waals surface area contributed by atoms with Gasteiger partial charge in [0.15, 0.2) is 0 Å². The Balaban J connectivity index is 1.61. The number of urea groups is 1. The predicted octanol–water partition coefficient (Wildman–Crippen LogP) is 2.09. The number of morpholine rings is 1. The molecule has 0 unspecified atom stereocenters. The molecule has 1 aromatic carbocycles. The van der Waals surface area contributed by atoms with Crippen molar-refractivity contribution >= 4 is 6.03 Å². The number of ether oxygens (including phenoxy) is 1. The highest BCUT2D eigenvalue weighted by Crippen LogP contribution is 2.25. The van der Waals surface area contributed by atoms with E-state index in [1.165, 1.54) is 0 Å². The number of carbonyl (C=O) groups is 1. The number of amides is 2. The Hall–Kier alpha value is -2.34. The first-order valence-corrected chi connectivity index (χ1v) is 7.82. The summed E-state index contributed by atoms with van der Waals surface area (Å²) < 4.78 is 7.71.